The smallest absolute Gasteiger partial charge is 0.317 e. The van der Waals surface area contributed by atoms with Crippen LogP contribution in [0.3, 0.4) is 0 Å². The maximum absolute atomic E-state index is 12.2. The van der Waals surface area contributed by atoms with Gasteiger partial charge in [0, 0.05) is 26.2 Å². The molecule has 1 aliphatic rings. The van der Waals surface area contributed by atoms with Gasteiger partial charge in [-0.25, -0.2) is 4.79 Å². The molecule has 2 amide bonds. The van der Waals surface area contributed by atoms with E-state index in [9.17, 15) is 4.79 Å². The van der Waals surface area contributed by atoms with E-state index in [1.165, 1.54) is 0 Å². The first-order chi connectivity index (χ1) is 10.5. The van der Waals surface area contributed by atoms with Gasteiger partial charge < -0.3 is 19.9 Å². The number of aryl methyl sites for hydroxylation is 1. The lowest BCUT2D eigenvalue weighted by Crippen LogP contribution is -2.38. The molecule has 5 heteroatoms. The molecule has 1 N–H and O–H groups in total. The number of amides is 2. The average molecular weight is 305 g/mol. The molecule has 0 radical (unpaired) electrons. The van der Waals surface area contributed by atoms with Crippen LogP contribution < -0.4 is 10.1 Å². The Morgan fingerprint density at radius 3 is 2.86 bits per heavy atom. The molecule has 1 unspecified atom stereocenters. The van der Waals surface area contributed by atoms with Gasteiger partial charge in [-0.05, 0) is 50.6 Å². The number of urea groups is 1. The quantitative estimate of drug-likeness (QED) is 0.906. The van der Waals surface area contributed by atoms with E-state index in [1.807, 2.05) is 24.0 Å². The van der Waals surface area contributed by atoms with Crippen LogP contribution in [0.4, 0.5) is 4.79 Å². The predicted molar refractivity (Wildman–Crippen MR) is 88.2 cm³/mol. The molecular formula is C17H27N3O2. The van der Waals surface area contributed by atoms with E-state index in [0.717, 1.165) is 42.9 Å². The lowest BCUT2D eigenvalue weighted by Gasteiger charge is -2.19. The largest absolute Gasteiger partial charge is 0.496 e. The fraction of sp³-hybridized carbons (Fsp3) is 0.588. The van der Waals surface area contributed by atoms with E-state index in [-0.39, 0.29) is 6.03 Å². The molecule has 0 aromatic heterocycles. The summed E-state index contributed by atoms with van der Waals surface area (Å²) in [6, 6.07) is 6.03. The van der Waals surface area contributed by atoms with Crippen molar-refractivity contribution < 1.29 is 9.53 Å². The Hall–Kier alpha value is -1.75. The Labute approximate surface area is 133 Å². The van der Waals surface area contributed by atoms with Crippen LogP contribution in [0.5, 0.6) is 5.75 Å². The summed E-state index contributed by atoms with van der Waals surface area (Å²) in [5, 5.41) is 3.01. The second kappa shape index (κ2) is 7.49. The molecule has 0 aliphatic carbocycles. The molecule has 2 rings (SSSR count). The number of nitrogens with one attached hydrogen (secondary N) is 1. The van der Waals surface area contributed by atoms with Crippen molar-refractivity contribution in [2.45, 2.75) is 19.9 Å². The number of hydrogen-bond acceptors (Lipinski definition) is 3. The van der Waals surface area contributed by atoms with Crippen molar-refractivity contribution >= 4 is 6.03 Å². The van der Waals surface area contributed by atoms with Gasteiger partial charge >= 0.3 is 6.03 Å². The minimum Gasteiger partial charge on any atom is -0.496 e. The number of carbonyl (C=O) groups is 1. The fourth-order valence-corrected chi connectivity index (χ4v) is 3.02. The summed E-state index contributed by atoms with van der Waals surface area (Å²) in [5.41, 5.74) is 2.18. The molecular weight excluding hydrogens is 278 g/mol. The molecule has 0 saturated carbocycles. The van der Waals surface area contributed by atoms with Gasteiger partial charge in [0.15, 0.2) is 0 Å². The highest BCUT2D eigenvalue weighted by Crippen LogP contribution is 2.19. The van der Waals surface area contributed by atoms with Gasteiger partial charge in [0.2, 0.25) is 0 Å². The summed E-state index contributed by atoms with van der Waals surface area (Å²) in [5.74, 6) is 1.46. The molecule has 1 aromatic rings. The maximum Gasteiger partial charge on any atom is 0.317 e. The van der Waals surface area contributed by atoms with Crippen LogP contribution in [0.1, 0.15) is 17.5 Å². The maximum atomic E-state index is 12.2. The predicted octanol–water partition coefficient (Wildman–Crippen LogP) is 2.10. The van der Waals surface area contributed by atoms with Gasteiger partial charge in [0.05, 0.1) is 7.11 Å². The first-order valence-electron chi connectivity index (χ1n) is 7.80. The van der Waals surface area contributed by atoms with Crippen molar-refractivity contribution in [3.63, 3.8) is 0 Å². The van der Waals surface area contributed by atoms with Crippen LogP contribution in [0.25, 0.3) is 0 Å². The van der Waals surface area contributed by atoms with Crippen LogP contribution in [0, 0.1) is 12.8 Å². The van der Waals surface area contributed by atoms with E-state index in [0.29, 0.717) is 12.5 Å². The molecule has 1 fully saturated rings. The molecule has 1 saturated heterocycles. The standard InChI is InChI=1S/C17H27N3O2/c1-13-9-14(5-6-16(13)22-4)10-18-17(21)20-8-7-15(12-20)11-19(2)3/h5-6,9,15H,7-8,10-12H2,1-4H3,(H,18,21). The van der Waals surface area contributed by atoms with Crippen molar-refractivity contribution in [3.05, 3.63) is 29.3 Å². The van der Waals surface area contributed by atoms with Gasteiger partial charge in [0.25, 0.3) is 0 Å². The topological polar surface area (TPSA) is 44.8 Å². The highest BCUT2D eigenvalue weighted by atomic mass is 16.5. The van der Waals surface area contributed by atoms with E-state index in [1.54, 1.807) is 7.11 Å². The lowest BCUT2D eigenvalue weighted by molar-refractivity contribution is 0.205. The number of hydrogen-bond donors (Lipinski definition) is 1. The van der Waals surface area contributed by atoms with Crippen LogP contribution in [0.15, 0.2) is 18.2 Å². The summed E-state index contributed by atoms with van der Waals surface area (Å²) < 4.78 is 5.25. The van der Waals surface area contributed by atoms with E-state index < -0.39 is 0 Å². The van der Waals surface area contributed by atoms with Crippen molar-refractivity contribution in [1.29, 1.82) is 0 Å². The van der Waals surface area contributed by atoms with Crippen LogP contribution >= 0.6 is 0 Å². The van der Waals surface area contributed by atoms with Gasteiger partial charge in [-0.15, -0.1) is 0 Å². The normalized spacial score (nSPS) is 17.9. The van der Waals surface area contributed by atoms with Gasteiger partial charge in [-0.2, -0.15) is 0 Å². The molecule has 1 heterocycles. The molecule has 1 aromatic carbocycles. The third-order valence-corrected chi connectivity index (χ3v) is 4.10. The highest BCUT2D eigenvalue weighted by molar-refractivity contribution is 5.74. The van der Waals surface area contributed by atoms with Gasteiger partial charge in [-0.1, -0.05) is 12.1 Å². The van der Waals surface area contributed by atoms with Crippen LogP contribution in [-0.4, -0.2) is 56.7 Å². The zero-order valence-corrected chi connectivity index (χ0v) is 14.1. The molecule has 122 valence electrons. The summed E-state index contributed by atoms with van der Waals surface area (Å²) in [7, 11) is 5.82. The molecule has 22 heavy (non-hydrogen) atoms. The third-order valence-electron chi connectivity index (χ3n) is 4.10. The monoisotopic (exact) mass is 305 g/mol. The molecule has 1 atom stereocenters. The number of methoxy groups -OCH3 is 1. The summed E-state index contributed by atoms with van der Waals surface area (Å²) in [6.45, 7) is 5.31. The van der Waals surface area contributed by atoms with Crippen molar-refractivity contribution in [2.75, 3.05) is 40.8 Å². The number of likely N-dealkylation sites (tertiary alicyclic amines) is 1. The Morgan fingerprint density at radius 2 is 2.23 bits per heavy atom. The number of nitrogens with zero attached hydrogens (tertiary/aromatic N) is 2. The highest BCUT2D eigenvalue weighted by Gasteiger charge is 2.26. The fourth-order valence-electron chi connectivity index (χ4n) is 3.02. The van der Waals surface area contributed by atoms with Crippen molar-refractivity contribution in [2.24, 2.45) is 5.92 Å². The molecule has 0 bridgehead atoms. The third kappa shape index (κ3) is 4.37. The minimum absolute atomic E-state index is 0.0368. The SMILES string of the molecule is COc1ccc(CNC(=O)N2CCC(CN(C)C)C2)cc1C. The molecule has 1 aliphatic heterocycles. The van der Waals surface area contributed by atoms with Crippen LogP contribution in [0.2, 0.25) is 0 Å². The average Bonchev–Trinajstić information content (AvgIpc) is 2.92. The number of carbonyl (C=O) groups excluding carboxylic acids is 1. The second-order valence-corrected chi connectivity index (χ2v) is 6.33. The Balaban J connectivity index is 1.82. The zero-order valence-electron chi connectivity index (χ0n) is 14.1. The minimum atomic E-state index is 0.0368. The zero-order chi connectivity index (χ0) is 16.1. The van der Waals surface area contributed by atoms with Crippen molar-refractivity contribution in [3.8, 4) is 5.75 Å². The van der Waals surface area contributed by atoms with E-state index in [2.05, 4.69) is 30.4 Å². The summed E-state index contributed by atoms with van der Waals surface area (Å²) in [6.07, 6.45) is 1.09. The number of rotatable bonds is 5. The van der Waals surface area contributed by atoms with Crippen LogP contribution in [-0.2, 0) is 6.54 Å². The van der Waals surface area contributed by atoms with Crippen molar-refractivity contribution in [1.82, 2.24) is 15.1 Å². The Morgan fingerprint density at radius 1 is 1.45 bits per heavy atom. The summed E-state index contributed by atoms with van der Waals surface area (Å²) in [4.78, 5) is 16.3. The number of benzene rings is 1. The number of ether oxygens (including phenoxy) is 1. The van der Waals surface area contributed by atoms with E-state index in [4.69, 9.17) is 4.74 Å². The molecule has 5 nitrogen and oxygen atoms in total. The first-order valence-corrected chi connectivity index (χ1v) is 7.80. The lowest BCUT2D eigenvalue weighted by atomic mass is 10.1. The van der Waals surface area contributed by atoms with E-state index >= 15 is 0 Å². The van der Waals surface area contributed by atoms with Gasteiger partial charge in [-0.3, -0.25) is 0 Å². The second-order valence-electron chi connectivity index (χ2n) is 6.33. The van der Waals surface area contributed by atoms with Gasteiger partial charge in [0.1, 0.15) is 5.75 Å². The molecule has 0 spiro atoms. The summed E-state index contributed by atoms with van der Waals surface area (Å²) >= 11 is 0. The Kier molecular flexibility index (Phi) is 5.66. The Bertz CT molecular complexity index is 517. The first kappa shape index (κ1) is 16.6.